The number of hydrogen-bond donors (Lipinski definition) is 8. The van der Waals surface area contributed by atoms with E-state index in [1.54, 1.807) is 0 Å². The first kappa shape index (κ1) is 20.7. The smallest absolute Gasteiger partial charge is 0.320 e. The topological polar surface area (TPSA) is 211 Å². The Bertz CT molecular complexity index is 360. The Kier molecular flexibility index (Phi) is 9.04. The van der Waals surface area contributed by atoms with Crippen LogP contribution in [-0.2, 0) is 14.3 Å². The Morgan fingerprint density at radius 3 is 2.00 bits per heavy atom. The van der Waals surface area contributed by atoms with E-state index in [1.807, 2.05) is 0 Å². The lowest BCUT2D eigenvalue weighted by Crippen LogP contribution is -2.58. The third-order valence-electron chi connectivity index (χ3n) is 2.85. The third kappa shape index (κ3) is 6.62. The minimum atomic E-state index is -1.57. The molecular weight excluding hydrogens is 306 g/mol. The number of carboxylic acid groups (broad SMARTS) is 2. The minimum Gasteiger partial charge on any atom is -0.481 e. The maximum absolute atomic E-state index is 9.99. The van der Waals surface area contributed by atoms with Crippen molar-refractivity contribution in [3.05, 3.63) is 0 Å². The van der Waals surface area contributed by atoms with Gasteiger partial charge in [0.1, 0.15) is 30.5 Å². The third-order valence-corrected chi connectivity index (χ3v) is 2.85. The summed E-state index contributed by atoms with van der Waals surface area (Å²) in [6.07, 6.45) is -7.26. The Labute approximate surface area is 125 Å². The highest BCUT2D eigenvalue weighted by Gasteiger charge is 2.42. The van der Waals surface area contributed by atoms with Gasteiger partial charge in [-0.2, -0.15) is 0 Å². The molecule has 9 N–H and O–H groups in total. The van der Waals surface area contributed by atoms with Crippen molar-refractivity contribution in [3.63, 3.8) is 0 Å². The fourth-order valence-corrected chi connectivity index (χ4v) is 1.48. The molecule has 0 bridgehead atoms. The lowest BCUT2D eigenvalue weighted by atomic mass is 10.00. The van der Waals surface area contributed by atoms with Crippen LogP contribution in [0.5, 0.6) is 0 Å². The summed E-state index contributed by atoms with van der Waals surface area (Å²) in [5.74, 6) is -2.20. The molecule has 0 radical (unpaired) electrons. The number of hydrogen-bond acceptors (Lipinski definition) is 9. The van der Waals surface area contributed by atoms with Crippen molar-refractivity contribution in [1.82, 2.24) is 0 Å². The molecule has 0 aromatic carbocycles. The van der Waals surface area contributed by atoms with Crippen molar-refractivity contribution in [2.75, 3.05) is 6.61 Å². The molecule has 11 heteroatoms. The van der Waals surface area contributed by atoms with Gasteiger partial charge in [-0.3, -0.25) is 9.59 Å². The second kappa shape index (κ2) is 9.63. The van der Waals surface area contributed by atoms with Crippen molar-refractivity contribution in [2.45, 2.75) is 49.6 Å². The van der Waals surface area contributed by atoms with Crippen LogP contribution in [0, 0.1) is 0 Å². The lowest BCUT2D eigenvalue weighted by Gasteiger charge is -2.37. The van der Waals surface area contributed by atoms with Crippen molar-refractivity contribution in [1.29, 1.82) is 0 Å². The van der Waals surface area contributed by atoms with Crippen LogP contribution >= 0.6 is 0 Å². The van der Waals surface area contributed by atoms with E-state index in [9.17, 15) is 9.59 Å². The van der Waals surface area contributed by atoms with Gasteiger partial charge >= 0.3 is 11.9 Å². The number of aliphatic hydroxyl groups is 5. The summed E-state index contributed by atoms with van der Waals surface area (Å²) in [6.45, 7) is -0.526. The van der Waals surface area contributed by atoms with Crippen LogP contribution < -0.4 is 5.73 Å². The quantitative estimate of drug-likeness (QED) is 0.244. The highest BCUT2D eigenvalue weighted by atomic mass is 16.6. The van der Waals surface area contributed by atoms with Crippen LogP contribution in [0.1, 0.15) is 12.8 Å². The molecule has 6 atom stereocenters. The van der Waals surface area contributed by atoms with Crippen molar-refractivity contribution in [3.8, 4) is 0 Å². The zero-order valence-corrected chi connectivity index (χ0v) is 11.5. The molecule has 0 aromatic heterocycles. The summed E-state index contributed by atoms with van der Waals surface area (Å²) in [5, 5.41) is 60.9. The Morgan fingerprint density at radius 1 is 1.05 bits per heavy atom. The molecule has 0 amide bonds. The number of carbonyl (C=O) groups is 2. The predicted molar refractivity (Wildman–Crippen MR) is 68.5 cm³/mol. The van der Waals surface area contributed by atoms with Gasteiger partial charge in [-0.05, 0) is 6.42 Å². The van der Waals surface area contributed by atoms with Gasteiger partial charge in [0.15, 0.2) is 6.29 Å². The zero-order valence-electron chi connectivity index (χ0n) is 11.5. The molecule has 1 heterocycles. The summed E-state index contributed by atoms with van der Waals surface area (Å²) in [6, 6.07) is -1.06. The van der Waals surface area contributed by atoms with Gasteiger partial charge in [0.2, 0.25) is 0 Å². The second-order valence-corrected chi connectivity index (χ2v) is 4.60. The molecule has 0 aliphatic carbocycles. The maximum Gasteiger partial charge on any atom is 0.320 e. The van der Waals surface area contributed by atoms with Crippen LogP contribution in [0.2, 0.25) is 0 Å². The highest BCUT2D eigenvalue weighted by Crippen LogP contribution is 2.18. The maximum atomic E-state index is 9.99. The van der Waals surface area contributed by atoms with Crippen molar-refractivity contribution in [2.24, 2.45) is 5.73 Å². The van der Waals surface area contributed by atoms with E-state index < -0.39 is 55.3 Å². The molecule has 1 saturated heterocycles. The number of nitrogens with two attached hydrogens (primary N) is 1. The van der Waals surface area contributed by atoms with Gasteiger partial charge < -0.3 is 46.2 Å². The molecule has 0 saturated carbocycles. The van der Waals surface area contributed by atoms with E-state index in [1.165, 1.54) is 0 Å². The van der Waals surface area contributed by atoms with E-state index in [4.69, 9.17) is 41.5 Å². The summed E-state index contributed by atoms with van der Waals surface area (Å²) in [4.78, 5) is 19.9. The number of aliphatic hydroxyl groups excluding tert-OH is 5. The average Bonchev–Trinajstić information content (AvgIpc) is 2.46. The van der Waals surface area contributed by atoms with Crippen LogP contribution in [0.15, 0.2) is 0 Å². The standard InChI is InChI=1S/C6H12O6.C5H9NO4/c7-1-2-3(8)4(9)5(10)6(11)12-2;6-3(5(9)10)1-2-4(7)8/h2-11H,1H2;3H,1-2,6H2,(H,7,8)(H,9,10)/t2-,3-,4+,5-,6?;/m1./s1. The molecule has 1 fully saturated rings. The van der Waals surface area contributed by atoms with Crippen LogP contribution in [-0.4, -0.2) is 91.0 Å². The Morgan fingerprint density at radius 2 is 1.59 bits per heavy atom. The Balaban J connectivity index is 0.000000409. The molecule has 22 heavy (non-hydrogen) atoms. The normalized spacial score (nSPS) is 32.5. The van der Waals surface area contributed by atoms with E-state index in [0.717, 1.165) is 0 Å². The first-order valence-corrected chi connectivity index (χ1v) is 6.30. The molecular formula is C11H21NO10. The van der Waals surface area contributed by atoms with Crippen LogP contribution in [0.3, 0.4) is 0 Å². The Hall–Kier alpha value is -1.34. The molecule has 1 aliphatic rings. The summed E-state index contributed by atoms with van der Waals surface area (Å²) < 4.78 is 4.58. The van der Waals surface area contributed by atoms with E-state index in [2.05, 4.69) is 4.74 Å². The molecule has 1 aliphatic heterocycles. The average molecular weight is 327 g/mol. The number of ether oxygens (including phenoxy) is 1. The lowest BCUT2D eigenvalue weighted by molar-refractivity contribution is -0.286. The van der Waals surface area contributed by atoms with Crippen molar-refractivity contribution < 1.29 is 50.1 Å². The molecule has 0 aromatic rings. The molecule has 0 spiro atoms. The monoisotopic (exact) mass is 327 g/mol. The van der Waals surface area contributed by atoms with Gasteiger partial charge in [0.05, 0.1) is 6.61 Å². The molecule has 130 valence electrons. The van der Waals surface area contributed by atoms with Gasteiger partial charge in [-0.1, -0.05) is 0 Å². The van der Waals surface area contributed by atoms with Crippen LogP contribution in [0.4, 0.5) is 0 Å². The predicted octanol–water partition coefficient (Wildman–Crippen LogP) is -3.96. The van der Waals surface area contributed by atoms with Gasteiger partial charge in [-0.15, -0.1) is 0 Å². The van der Waals surface area contributed by atoms with E-state index >= 15 is 0 Å². The van der Waals surface area contributed by atoms with Gasteiger partial charge in [0.25, 0.3) is 0 Å². The minimum absolute atomic E-state index is 0.0231. The largest absolute Gasteiger partial charge is 0.481 e. The first-order chi connectivity index (χ1) is 10.1. The fourth-order valence-electron chi connectivity index (χ4n) is 1.48. The molecule has 2 unspecified atom stereocenters. The summed E-state index contributed by atoms with van der Waals surface area (Å²) >= 11 is 0. The van der Waals surface area contributed by atoms with E-state index in [-0.39, 0.29) is 12.8 Å². The highest BCUT2D eigenvalue weighted by molar-refractivity contribution is 5.74. The molecule has 1 rings (SSSR count). The van der Waals surface area contributed by atoms with Crippen molar-refractivity contribution >= 4 is 11.9 Å². The number of carboxylic acids is 2. The fraction of sp³-hybridized carbons (Fsp3) is 0.818. The second-order valence-electron chi connectivity index (χ2n) is 4.60. The van der Waals surface area contributed by atoms with Gasteiger partial charge in [0, 0.05) is 6.42 Å². The number of aliphatic carboxylic acids is 2. The van der Waals surface area contributed by atoms with E-state index in [0.29, 0.717) is 0 Å². The van der Waals surface area contributed by atoms with Gasteiger partial charge in [-0.25, -0.2) is 0 Å². The zero-order chi connectivity index (χ0) is 17.4. The SMILES string of the molecule is NC(CCC(=O)O)C(=O)O.OC[C@H]1OC(O)[C@H](O)[C@@H](O)[C@@H]1O. The van der Waals surface area contributed by atoms with Crippen LogP contribution in [0.25, 0.3) is 0 Å². The summed E-state index contributed by atoms with van der Waals surface area (Å²) in [5.41, 5.74) is 5.00. The summed E-state index contributed by atoms with van der Waals surface area (Å²) in [7, 11) is 0. The molecule has 11 nitrogen and oxygen atoms in total. The first-order valence-electron chi connectivity index (χ1n) is 6.30. The number of rotatable bonds is 5.